The molecule has 0 saturated carbocycles. The molecule has 2 amide bonds. The van der Waals surface area contributed by atoms with Crippen molar-refractivity contribution < 1.29 is 19.1 Å². The Morgan fingerprint density at radius 2 is 2.00 bits per heavy atom. The molecule has 7 nitrogen and oxygen atoms in total. The van der Waals surface area contributed by atoms with Crippen LogP contribution in [0.5, 0.6) is 11.5 Å². The monoisotopic (exact) mass is 573 g/mol. The molecule has 154 valence electrons. The summed E-state index contributed by atoms with van der Waals surface area (Å²) < 4.78 is 12.5. The van der Waals surface area contributed by atoms with Crippen molar-refractivity contribution in [3.63, 3.8) is 0 Å². The first-order valence-corrected chi connectivity index (χ1v) is 10.6. The van der Waals surface area contributed by atoms with E-state index in [0.29, 0.717) is 23.8 Å². The number of carbonyl (C=O) groups is 2. The molecule has 2 N–H and O–H groups in total. The molecule has 0 heterocycles. The second-order valence-electron chi connectivity index (χ2n) is 5.89. The Labute approximate surface area is 191 Å². The lowest BCUT2D eigenvalue weighted by atomic mass is 10.1. The molecular weight excluding hydrogens is 553 g/mol. The van der Waals surface area contributed by atoms with Crippen LogP contribution in [0.15, 0.2) is 46.0 Å². The molecule has 0 spiro atoms. The predicted octanol–water partition coefficient (Wildman–Crippen LogP) is 4.19. The average Bonchev–Trinajstić information content (AvgIpc) is 2.70. The predicted molar refractivity (Wildman–Crippen MR) is 125 cm³/mol. The second-order valence-corrected chi connectivity index (χ2v) is 7.91. The number of halogens is 2. The first-order valence-electron chi connectivity index (χ1n) is 8.76. The molecule has 9 heteroatoms. The summed E-state index contributed by atoms with van der Waals surface area (Å²) in [5.74, 6) is -0.628. The summed E-state index contributed by atoms with van der Waals surface area (Å²) in [6, 6.07) is 10.8. The summed E-state index contributed by atoms with van der Waals surface area (Å²) in [6.45, 7) is 3.93. The van der Waals surface area contributed by atoms with Gasteiger partial charge < -0.3 is 14.8 Å². The highest BCUT2D eigenvalue weighted by molar-refractivity contribution is 14.1. The highest BCUT2D eigenvalue weighted by atomic mass is 127. The van der Waals surface area contributed by atoms with Crippen molar-refractivity contribution in [3.8, 4) is 11.5 Å². The fourth-order valence-electron chi connectivity index (χ4n) is 2.29. The van der Waals surface area contributed by atoms with Gasteiger partial charge >= 0.3 is 0 Å². The van der Waals surface area contributed by atoms with Crippen LogP contribution in [0.4, 0.5) is 5.69 Å². The summed E-state index contributed by atoms with van der Waals surface area (Å²) in [4.78, 5) is 24.5. The van der Waals surface area contributed by atoms with Gasteiger partial charge in [-0.1, -0.05) is 12.1 Å². The van der Waals surface area contributed by atoms with Crippen LogP contribution >= 0.6 is 38.5 Å². The van der Waals surface area contributed by atoms with E-state index >= 15 is 0 Å². The molecule has 0 aliphatic carbocycles. The van der Waals surface area contributed by atoms with Crippen LogP contribution in [0.1, 0.15) is 19.4 Å². The largest absolute Gasteiger partial charge is 0.493 e. The van der Waals surface area contributed by atoms with Gasteiger partial charge in [-0.25, -0.2) is 5.43 Å². The van der Waals surface area contributed by atoms with Crippen molar-refractivity contribution in [1.29, 1.82) is 0 Å². The van der Waals surface area contributed by atoms with E-state index in [1.165, 1.54) is 13.1 Å². The van der Waals surface area contributed by atoms with Gasteiger partial charge in [0, 0.05) is 4.47 Å². The van der Waals surface area contributed by atoms with Crippen molar-refractivity contribution in [2.75, 3.05) is 19.0 Å². The van der Waals surface area contributed by atoms with E-state index < -0.39 is 17.7 Å². The van der Waals surface area contributed by atoms with E-state index in [1.807, 2.05) is 19.1 Å². The van der Waals surface area contributed by atoms with Gasteiger partial charge in [-0.05, 0) is 82.2 Å². The smallest absolute Gasteiger partial charge is 0.252 e. The SMILES string of the molecule is CCOc1c(I)cc(C=NNC(=O)C(C)C(=O)Nc2ccccc2Br)cc1OC. The molecule has 0 fully saturated rings. The van der Waals surface area contributed by atoms with Crippen molar-refractivity contribution in [2.45, 2.75) is 13.8 Å². The number of hydrazone groups is 1. The maximum Gasteiger partial charge on any atom is 0.252 e. The normalized spacial score (nSPS) is 11.8. The maximum absolute atomic E-state index is 12.3. The molecule has 0 saturated heterocycles. The summed E-state index contributed by atoms with van der Waals surface area (Å²) >= 11 is 5.50. The molecule has 29 heavy (non-hydrogen) atoms. The summed E-state index contributed by atoms with van der Waals surface area (Å²) in [6.07, 6.45) is 1.48. The zero-order valence-electron chi connectivity index (χ0n) is 16.2. The number of ether oxygens (including phenoxy) is 2. The number of anilines is 1. The number of nitrogens with zero attached hydrogens (tertiary/aromatic N) is 1. The van der Waals surface area contributed by atoms with E-state index in [2.05, 4.69) is 54.4 Å². The average molecular weight is 574 g/mol. The third-order valence-corrected chi connectivity index (χ3v) is 5.34. The minimum Gasteiger partial charge on any atom is -0.493 e. The van der Waals surface area contributed by atoms with E-state index in [4.69, 9.17) is 9.47 Å². The summed E-state index contributed by atoms with van der Waals surface area (Å²) in [5.41, 5.74) is 3.71. The lowest BCUT2D eigenvalue weighted by Gasteiger charge is -2.12. The number of amides is 2. The van der Waals surface area contributed by atoms with Gasteiger partial charge in [0.15, 0.2) is 11.5 Å². The number of benzene rings is 2. The fourth-order valence-corrected chi connectivity index (χ4v) is 3.45. The Hall–Kier alpha value is -2.14. The van der Waals surface area contributed by atoms with Crippen molar-refractivity contribution in [1.82, 2.24) is 5.43 Å². The second kappa shape index (κ2) is 11.1. The Morgan fingerprint density at radius 3 is 2.66 bits per heavy atom. The Bertz CT molecular complexity index is 921. The van der Waals surface area contributed by atoms with Crippen molar-refractivity contribution >= 4 is 62.2 Å². The zero-order chi connectivity index (χ0) is 21.4. The topological polar surface area (TPSA) is 89.0 Å². The molecule has 1 atom stereocenters. The minimum absolute atomic E-state index is 0.429. The maximum atomic E-state index is 12.3. The molecular formula is C20H21BrIN3O4. The molecule has 2 aromatic rings. The number of methoxy groups -OCH3 is 1. The van der Waals surface area contributed by atoms with Gasteiger partial charge in [-0.3, -0.25) is 9.59 Å². The highest BCUT2D eigenvalue weighted by Crippen LogP contribution is 2.33. The van der Waals surface area contributed by atoms with Crippen LogP contribution in [0, 0.1) is 9.49 Å². The van der Waals surface area contributed by atoms with Crippen LogP contribution in [0.2, 0.25) is 0 Å². The van der Waals surface area contributed by atoms with E-state index in [-0.39, 0.29) is 0 Å². The van der Waals surface area contributed by atoms with Crippen LogP contribution in [-0.2, 0) is 9.59 Å². The third kappa shape index (κ3) is 6.43. The van der Waals surface area contributed by atoms with Crippen LogP contribution in [0.25, 0.3) is 0 Å². The third-order valence-electron chi connectivity index (χ3n) is 3.85. The van der Waals surface area contributed by atoms with Crippen LogP contribution in [-0.4, -0.2) is 31.7 Å². The Balaban J connectivity index is 2.00. The van der Waals surface area contributed by atoms with E-state index in [1.54, 1.807) is 31.4 Å². The zero-order valence-corrected chi connectivity index (χ0v) is 19.9. The van der Waals surface area contributed by atoms with Gasteiger partial charge in [0.05, 0.1) is 29.2 Å². The Morgan fingerprint density at radius 1 is 1.28 bits per heavy atom. The first-order chi connectivity index (χ1) is 13.9. The van der Waals surface area contributed by atoms with Crippen molar-refractivity contribution in [2.24, 2.45) is 11.0 Å². The number of para-hydroxylation sites is 1. The number of carbonyl (C=O) groups excluding carboxylic acids is 2. The lowest BCUT2D eigenvalue weighted by molar-refractivity contribution is -0.131. The first kappa shape index (κ1) is 23.1. The highest BCUT2D eigenvalue weighted by Gasteiger charge is 2.21. The van der Waals surface area contributed by atoms with Gasteiger partial charge in [0.1, 0.15) is 5.92 Å². The quantitative estimate of drug-likeness (QED) is 0.214. The molecule has 0 bridgehead atoms. The standard InChI is InChI=1S/C20H21BrIN3O4/c1-4-29-18-15(22)9-13(10-17(18)28-3)11-23-25-20(27)12(2)19(26)24-16-8-6-5-7-14(16)21/h5-12H,4H2,1-3H3,(H,24,26)(H,25,27). The van der Waals surface area contributed by atoms with Crippen LogP contribution in [0.3, 0.4) is 0 Å². The molecule has 1 unspecified atom stereocenters. The molecule has 0 radical (unpaired) electrons. The number of rotatable bonds is 8. The van der Waals surface area contributed by atoms with E-state index in [0.717, 1.165) is 13.6 Å². The fraction of sp³-hybridized carbons (Fsp3) is 0.250. The molecule has 0 aromatic heterocycles. The van der Waals surface area contributed by atoms with Crippen molar-refractivity contribution in [3.05, 3.63) is 50.0 Å². The van der Waals surface area contributed by atoms with Crippen LogP contribution < -0.4 is 20.2 Å². The number of nitrogens with one attached hydrogen (secondary N) is 2. The molecule has 0 aliphatic rings. The number of hydrogen-bond donors (Lipinski definition) is 2. The van der Waals surface area contributed by atoms with Gasteiger partial charge in [-0.2, -0.15) is 5.10 Å². The summed E-state index contributed by atoms with van der Waals surface area (Å²) in [5, 5.41) is 6.66. The lowest BCUT2D eigenvalue weighted by Crippen LogP contribution is -2.34. The number of hydrogen-bond acceptors (Lipinski definition) is 5. The minimum atomic E-state index is -0.922. The Kier molecular flexibility index (Phi) is 8.90. The summed E-state index contributed by atoms with van der Waals surface area (Å²) in [7, 11) is 1.56. The molecule has 2 aromatic carbocycles. The van der Waals surface area contributed by atoms with Gasteiger partial charge in [0.25, 0.3) is 5.91 Å². The molecule has 2 rings (SSSR count). The van der Waals surface area contributed by atoms with Gasteiger partial charge in [-0.15, -0.1) is 0 Å². The molecule has 0 aliphatic heterocycles. The van der Waals surface area contributed by atoms with E-state index in [9.17, 15) is 9.59 Å². The van der Waals surface area contributed by atoms with Gasteiger partial charge in [0.2, 0.25) is 5.91 Å².